The van der Waals surface area contributed by atoms with E-state index in [0.717, 1.165) is 40.7 Å². The number of H-pyrrole nitrogens is 1. The molecule has 0 bridgehead atoms. The molecule has 1 aliphatic rings. The summed E-state index contributed by atoms with van der Waals surface area (Å²) in [7, 11) is 1.61. The first-order chi connectivity index (χ1) is 12.5. The Labute approximate surface area is 156 Å². The number of halogens is 1. The van der Waals surface area contributed by atoms with Crippen molar-refractivity contribution in [1.29, 1.82) is 0 Å². The standard InChI is InChI=1S/C20H20ClN3O2/c1-20(5-6-20)19(25)23-10-13-7-12-8-16(21)15(9-18(12)24-13)17-4-3-14(26-2)11-22-17/h3-4,7-9,11,24H,5-6,10H2,1-2H3,(H,23,25). The molecule has 0 saturated heterocycles. The third-order valence-electron chi connectivity index (χ3n) is 5.00. The van der Waals surface area contributed by atoms with Gasteiger partial charge < -0.3 is 15.0 Å². The molecule has 0 atom stereocenters. The summed E-state index contributed by atoms with van der Waals surface area (Å²) in [5, 5.41) is 4.65. The van der Waals surface area contributed by atoms with Gasteiger partial charge in [0.1, 0.15) is 5.75 Å². The number of aromatic amines is 1. The second kappa shape index (κ2) is 6.32. The van der Waals surface area contributed by atoms with Crippen LogP contribution in [0.4, 0.5) is 0 Å². The van der Waals surface area contributed by atoms with E-state index in [2.05, 4.69) is 15.3 Å². The molecule has 0 unspecified atom stereocenters. The van der Waals surface area contributed by atoms with Gasteiger partial charge in [-0.25, -0.2) is 0 Å². The Bertz CT molecular complexity index is 975. The molecule has 2 N–H and O–H groups in total. The third kappa shape index (κ3) is 3.15. The molecular weight excluding hydrogens is 350 g/mol. The van der Waals surface area contributed by atoms with Crippen molar-refractivity contribution in [2.75, 3.05) is 7.11 Å². The van der Waals surface area contributed by atoms with Crippen LogP contribution in [0, 0.1) is 5.41 Å². The molecule has 2 aromatic heterocycles. The number of pyridine rings is 1. The number of nitrogens with one attached hydrogen (secondary N) is 2. The van der Waals surface area contributed by atoms with Crippen molar-refractivity contribution in [3.63, 3.8) is 0 Å². The molecule has 134 valence electrons. The lowest BCUT2D eigenvalue weighted by molar-refractivity contribution is -0.125. The number of fused-ring (bicyclic) bond motifs is 1. The highest BCUT2D eigenvalue weighted by atomic mass is 35.5. The minimum atomic E-state index is -0.164. The largest absolute Gasteiger partial charge is 0.495 e. The maximum atomic E-state index is 12.1. The Morgan fingerprint density at radius 1 is 1.35 bits per heavy atom. The number of nitrogens with zero attached hydrogens (tertiary/aromatic N) is 1. The van der Waals surface area contributed by atoms with Crippen LogP contribution in [0.5, 0.6) is 5.75 Å². The van der Waals surface area contributed by atoms with Gasteiger partial charge >= 0.3 is 0 Å². The lowest BCUT2D eigenvalue weighted by Crippen LogP contribution is -2.29. The van der Waals surface area contributed by atoms with E-state index >= 15 is 0 Å². The number of aromatic nitrogens is 2. The predicted octanol–water partition coefficient (Wildman–Crippen LogP) is 4.31. The first-order valence-corrected chi connectivity index (χ1v) is 8.96. The monoisotopic (exact) mass is 369 g/mol. The number of carbonyl (C=O) groups excluding carboxylic acids is 1. The number of methoxy groups -OCH3 is 1. The van der Waals surface area contributed by atoms with Crippen molar-refractivity contribution in [2.24, 2.45) is 5.41 Å². The Kier molecular flexibility index (Phi) is 4.11. The van der Waals surface area contributed by atoms with Crippen molar-refractivity contribution in [3.05, 3.63) is 47.2 Å². The van der Waals surface area contributed by atoms with Gasteiger partial charge in [-0.1, -0.05) is 18.5 Å². The molecule has 1 saturated carbocycles. The smallest absolute Gasteiger partial charge is 0.226 e. The van der Waals surface area contributed by atoms with Gasteiger partial charge in [-0.15, -0.1) is 0 Å². The number of rotatable bonds is 5. The zero-order valence-corrected chi connectivity index (χ0v) is 15.5. The molecule has 1 aromatic carbocycles. The van der Waals surface area contributed by atoms with E-state index in [1.165, 1.54) is 0 Å². The van der Waals surface area contributed by atoms with Crippen LogP contribution < -0.4 is 10.1 Å². The highest BCUT2D eigenvalue weighted by Crippen LogP contribution is 2.45. The van der Waals surface area contributed by atoms with E-state index in [4.69, 9.17) is 16.3 Å². The molecule has 1 aliphatic carbocycles. The minimum Gasteiger partial charge on any atom is -0.495 e. The molecule has 3 aromatic rings. The van der Waals surface area contributed by atoms with Crippen LogP contribution in [0.25, 0.3) is 22.2 Å². The van der Waals surface area contributed by atoms with Crippen LogP contribution in [0.2, 0.25) is 5.02 Å². The summed E-state index contributed by atoms with van der Waals surface area (Å²) in [6.07, 6.45) is 3.61. The molecule has 0 spiro atoms. The summed E-state index contributed by atoms with van der Waals surface area (Å²) in [6.45, 7) is 2.48. The Morgan fingerprint density at radius 2 is 2.15 bits per heavy atom. The molecule has 26 heavy (non-hydrogen) atoms. The van der Waals surface area contributed by atoms with Crippen molar-refractivity contribution in [3.8, 4) is 17.0 Å². The molecule has 1 amide bonds. The van der Waals surface area contributed by atoms with Gasteiger partial charge in [0, 0.05) is 27.6 Å². The van der Waals surface area contributed by atoms with Crippen LogP contribution in [0.1, 0.15) is 25.5 Å². The Hall–Kier alpha value is -2.53. The SMILES string of the molecule is COc1ccc(-c2cc3[nH]c(CNC(=O)C4(C)CC4)cc3cc2Cl)nc1. The summed E-state index contributed by atoms with van der Waals surface area (Å²) in [4.78, 5) is 19.9. The van der Waals surface area contributed by atoms with Crippen LogP contribution in [0.3, 0.4) is 0 Å². The van der Waals surface area contributed by atoms with Crippen LogP contribution in [-0.4, -0.2) is 23.0 Å². The maximum Gasteiger partial charge on any atom is 0.226 e. The van der Waals surface area contributed by atoms with E-state index in [0.29, 0.717) is 17.3 Å². The average molecular weight is 370 g/mol. The number of hydrogen-bond donors (Lipinski definition) is 2. The average Bonchev–Trinajstić information content (AvgIpc) is 3.28. The van der Waals surface area contributed by atoms with Gasteiger partial charge in [-0.2, -0.15) is 0 Å². The van der Waals surface area contributed by atoms with Gasteiger partial charge in [0.15, 0.2) is 0 Å². The third-order valence-corrected chi connectivity index (χ3v) is 5.31. The molecule has 6 heteroatoms. The lowest BCUT2D eigenvalue weighted by atomic mass is 10.1. The molecule has 0 radical (unpaired) electrons. The lowest BCUT2D eigenvalue weighted by Gasteiger charge is -2.08. The zero-order valence-electron chi connectivity index (χ0n) is 14.7. The van der Waals surface area contributed by atoms with E-state index in [9.17, 15) is 4.79 Å². The first-order valence-electron chi connectivity index (χ1n) is 8.58. The van der Waals surface area contributed by atoms with Gasteiger partial charge in [0.25, 0.3) is 0 Å². The van der Waals surface area contributed by atoms with Crippen molar-refractivity contribution in [2.45, 2.75) is 26.3 Å². The number of carbonyl (C=O) groups is 1. The fraction of sp³-hybridized carbons (Fsp3) is 0.300. The summed E-state index contributed by atoms with van der Waals surface area (Å²) in [5.74, 6) is 0.825. The van der Waals surface area contributed by atoms with Crippen molar-refractivity contribution >= 4 is 28.4 Å². The number of benzene rings is 1. The molecule has 2 heterocycles. The highest BCUT2D eigenvalue weighted by Gasteiger charge is 2.44. The Morgan fingerprint density at radius 3 is 2.81 bits per heavy atom. The van der Waals surface area contributed by atoms with E-state index in [-0.39, 0.29) is 11.3 Å². The van der Waals surface area contributed by atoms with Crippen LogP contribution >= 0.6 is 11.6 Å². The van der Waals surface area contributed by atoms with Crippen LogP contribution in [-0.2, 0) is 11.3 Å². The number of amides is 1. The number of hydrogen-bond acceptors (Lipinski definition) is 3. The summed E-state index contributed by atoms with van der Waals surface area (Å²) < 4.78 is 5.15. The fourth-order valence-electron chi connectivity index (χ4n) is 2.97. The van der Waals surface area contributed by atoms with Gasteiger partial charge in [0.2, 0.25) is 5.91 Å². The minimum absolute atomic E-state index is 0.123. The van der Waals surface area contributed by atoms with Gasteiger partial charge in [-0.05, 0) is 43.2 Å². The van der Waals surface area contributed by atoms with Crippen molar-refractivity contribution < 1.29 is 9.53 Å². The molecule has 5 nitrogen and oxygen atoms in total. The van der Waals surface area contributed by atoms with E-state index in [1.54, 1.807) is 13.3 Å². The topological polar surface area (TPSA) is 67.0 Å². The number of ether oxygens (including phenoxy) is 1. The first kappa shape index (κ1) is 16.9. The molecule has 1 fully saturated rings. The van der Waals surface area contributed by atoms with E-state index in [1.807, 2.05) is 37.3 Å². The van der Waals surface area contributed by atoms with Crippen molar-refractivity contribution in [1.82, 2.24) is 15.3 Å². The van der Waals surface area contributed by atoms with E-state index < -0.39 is 0 Å². The zero-order chi connectivity index (χ0) is 18.3. The summed E-state index contributed by atoms with van der Waals surface area (Å²) in [6, 6.07) is 9.66. The second-order valence-corrected chi connectivity index (χ2v) is 7.45. The quantitative estimate of drug-likeness (QED) is 0.704. The molecule has 0 aliphatic heterocycles. The summed E-state index contributed by atoms with van der Waals surface area (Å²) >= 11 is 6.46. The van der Waals surface area contributed by atoms with Gasteiger partial charge in [-0.3, -0.25) is 9.78 Å². The maximum absolute atomic E-state index is 12.1. The fourth-order valence-corrected chi connectivity index (χ4v) is 3.24. The Balaban J connectivity index is 1.58. The molecule has 4 rings (SSSR count). The molecular formula is C20H20ClN3O2. The second-order valence-electron chi connectivity index (χ2n) is 7.04. The normalized spacial score (nSPS) is 15.0. The highest BCUT2D eigenvalue weighted by molar-refractivity contribution is 6.34. The predicted molar refractivity (Wildman–Crippen MR) is 102 cm³/mol. The summed E-state index contributed by atoms with van der Waals surface area (Å²) in [5.41, 5.74) is 3.38. The van der Waals surface area contributed by atoms with Gasteiger partial charge in [0.05, 0.1) is 30.6 Å². The van der Waals surface area contributed by atoms with Crippen LogP contribution in [0.15, 0.2) is 36.5 Å².